The highest BCUT2D eigenvalue weighted by Gasteiger charge is 2.01. The fourth-order valence-corrected chi connectivity index (χ4v) is 2.45. The zero-order valence-corrected chi connectivity index (χ0v) is 12.6. The maximum atomic E-state index is 2.31. The molecule has 0 fully saturated rings. The molecule has 0 saturated carbocycles. The molecule has 104 valence electrons. The van der Waals surface area contributed by atoms with Gasteiger partial charge in [0.1, 0.15) is 0 Å². The molecule has 2 aromatic carbocycles. The fraction of sp³-hybridized carbons (Fsp3) is 0.300. The maximum absolute atomic E-state index is 2.31. The SMILES string of the molecule is CCCC/C=C\Cc1ccc(-c2ccccc2)c(C)c1. The van der Waals surface area contributed by atoms with Crippen LogP contribution in [-0.2, 0) is 6.42 Å². The van der Waals surface area contributed by atoms with Gasteiger partial charge in [-0.15, -0.1) is 0 Å². The number of unbranched alkanes of at least 4 members (excludes halogenated alkanes) is 2. The Hall–Kier alpha value is -1.82. The quantitative estimate of drug-likeness (QED) is 0.446. The van der Waals surface area contributed by atoms with Crippen LogP contribution in [0.1, 0.15) is 37.3 Å². The molecule has 0 aliphatic rings. The molecule has 2 rings (SSSR count). The summed E-state index contributed by atoms with van der Waals surface area (Å²) in [6.07, 6.45) is 9.42. The summed E-state index contributed by atoms with van der Waals surface area (Å²) in [5, 5.41) is 0. The minimum Gasteiger partial charge on any atom is -0.0882 e. The van der Waals surface area contributed by atoms with Gasteiger partial charge in [0.05, 0.1) is 0 Å². The van der Waals surface area contributed by atoms with Gasteiger partial charge in [-0.3, -0.25) is 0 Å². The lowest BCUT2D eigenvalue weighted by atomic mass is 9.97. The summed E-state index contributed by atoms with van der Waals surface area (Å²) < 4.78 is 0. The van der Waals surface area contributed by atoms with Crippen molar-refractivity contribution < 1.29 is 0 Å². The minimum atomic E-state index is 1.04. The Balaban J connectivity index is 2.05. The molecule has 0 aromatic heterocycles. The lowest BCUT2D eigenvalue weighted by Gasteiger charge is -2.08. The smallest absolute Gasteiger partial charge is 0.00973 e. The van der Waals surface area contributed by atoms with Crippen LogP contribution in [-0.4, -0.2) is 0 Å². The van der Waals surface area contributed by atoms with Gasteiger partial charge in [0.15, 0.2) is 0 Å². The Labute approximate surface area is 123 Å². The summed E-state index contributed by atoms with van der Waals surface area (Å²) in [5.41, 5.74) is 5.39. The van der Waals surface area contributed by atoms with Crippen LogP contribution < -0.4 is 0 Å². The molecule has 0 bridgehead atoms. The van der Waals surface area contributed by atoms with Crippen molar-refractivity contribution in [2.45, 2.75) is 39.5 Å². The summed E-state index contributed by atoms with van der Waals surface area (Å²) in [6.45, 7) is 4.44. The van der Waals surface area contributed by atoms with Crippen LogP contribution in [0, 0.1) is 6.92 Å². The first-order valence-corrected chi connectivity index (χ1v) is 7.61. The van der Waals surface area contributed by atoms with E-state index in [1.165, 1.54) is 41.5 Å². The number of allylic oxidation sites excluding steroid dienone is 2. The average Bonchev–Trinajstić information content (AvgIpc) is 2.48. The first-order valence-electron chi connectivity index (χ1n) is 7.61. The van der Waals surface area contributed by atoms with E-state index in [0.29, 0.717) is 0 Å². The molecule has 0 saturated heterocycles. The minimum absolute atomic E-state index is 1.04. The molecular weight excluding hydrogens is 240 g/mol. The largest absolute Gasteiger partial charge is 0.0882 e. The second-order valence-electron chi connectivity index (χ2n) is 5.33. The van der Waals surface area contributed by atoms with Crippen molar-refractivity contribution >= 4 is 0 Å². The van der Waals surface area contributed by atoms with Crippen LogP contribution in [0.15, 0.2) is 60.7 Å². The summed E-state index contributed by atoms with van der Waals surface area (Å²) in [5.74, 6) is 0. The van der Waals surface area contributed by atoms with Gasteiger partial charge in [0, 0.05) is 0 Å². The Kier molecular flexibility index (Phi) is 5.61. The Bertz CT molecular complexity index is 550. The van der Waals surface area contributed by atoms with E-state index >= 15 is 0 Å². The highest BCUT2D eigenvalue weighted by atomic mass is 14.1. The topological polar surface area (TPSA) is 0 Å². The van der Waals surface area contributed by atoms with Crippen LogP contribution in [0.4, 0.5) is 0 Å². The number of hydrogen-bond donors (Lipinski definition) is 0. The van der Waals surface area contributed by atoms with Gasteiger partial charge in [-0.2, -0.15) is 0 Å². The normalized spacial score (nSPS) is 11.1. The molecule has 2 aromatic rings. The molecule has 0 aliphatic carbocycles. The summed E-state index contributed by atoms with van der Waals surface area (Å²) in [7, 11) is 0. The van der Waals surface area contributed by atoms with Crippen molar-refractivity contribution in [1.82, 2.24) is 0 Å². The zero-order valence-electron chi connectivity index (χ0n) is 12.6. The standard InChI is InChI=1S/C20H24/c1-3-4-5-6-8-11-18-14-15-20(17(2)16-18)19-12-9-7-10-13-19/h6-10,12-16H,3-5,11H2,1-2H3/b8-6-. The molecule has 0 radical (unpaired) electrons. The van der Waals surface area contributed by atoms with E-state index in [0.717, 1.165) is 6.42 Å². The number of benzene rings is 2. The van der Waals surface area contributed by atoms with E-state index in [1.807, 2.05) is 0 Å². The monoisotopic (exact) mass is 264 g/mol. The molecule has 0 N–H and O–H groups in total. The van der Waals surface area contributed by atoms with E-state index < -0.39 is 0 Å². The van der Waals surface area contributed by atoms with Crippen molar-refractivity contribution in [1.29, 1.82) is 0 Å². The van der Waals surface area contributed by atoms with Crippen molar-refractivity contribution in [3.8, 4) is 11.1 Å². The van der Waals surface area contributed by atoms with Crippen molar-refractivity contribution in [2.24, 2.45) is 0 Å². The van der Waals surface area contributed by atoms with Crippen LogP contribution >= 0.6 is 0 Å². The first kappa shape index (κ1) is 14.6. The molecule has 0 spiro atoms. The van der Waals surface area contributed by atoms with Crippen molar-refractivity contribution in [3.63, 3.8) is 0 Å². The van der Waals surface area contributed by atoms with Gasteiger partial charge in [0.2, 0.25) is 0 Å². The summed E-state index contributed by atoms with van der Waals surface area (Å²) in [6, 6.07) is 17.4. The maximum Gasteiger partial charge on any atom is -0.00973 e. The highest BCUT2D eigenvalue weighted by Crippen LogP contribution is 2.24. The lowest BCUT2D eigenvalue weighted by molar-refractivity contribution is 0.813. The zero-order chi connectivity index (χ0) is 14.2. The van der Waals surface area contributed by atoms with Crippen molar-refractivity contribution in [3.05, 3.63) is 71.8 Å². The third kappa shape index (κ3) is 4.09. The third-order valence-corrected chi connectivity index (χ3v) is 3.62. The van der Waals surface area contributed by atoms with Crippen molar-refractivity contribution in [2.75, 3.05) is 0 Å². The number of rotatable bonds is 6. The van der Waals surface area contributed by atoms with Gasteiger partial charge in [-0.1, -0.05) is 80.4 Å². The van der Waals surface area contributed by atoms with E-state index in [9.17, 15) is 0 Å². The molecule has 0 unspecified atom stereocenters. The van der Waals surface area contributed by atoms with E-state index in [1.54, 1.807) is 0 Å². The third-order valence-electron chi connectivity index (χ3n) is 3.62. The van der Waals surface area contributed by atoms with Gasteiger partial charge in [-0.25, -0.2) is 0 Å². The van der Waals surface area contributed by atoms with Crippen LogP contribution in [0.25, 0.3) is 11.1 Å². The fourth-order valence-electron chi connectivity index (χ4n) is 2.45. The highest BCUT2D eigenvalue weighted by molar-refractivity contribution is 5.67. The molecule has 0 heteroatoms. The van der Waals surface area contributed by atoms with Crippen LogP contribution in [0.5, 0.6) is 0 Å². The number of hydrogen-bond acceptors (Lipinski definition) is 0. The van der Waals surface area contributed by atoms with Gasteiger partial charge in [-0.05, 0) is 42.0 Å². The van der Waals surface area contributed by atoms with Gasteiger partial charge >= 0.3 is 0 Å². The number of aryl methyl sites for hydroxylation is 1. The molecule has 0 heterocycles. The van der Waals surface area contributed by atoms with Crippen LogP contribution in [0.2, 0.25) is 0 Å². The first-order chi connectivity index (χ1) is 9.81. The Morgan fingerprint density at radius 3 is 2.45 bits per heavy atom. The Morgan fingerprint density at radius 1 is 0.950 bits per heavy atom. The molecule has 0 aliphatic heterocycles. The Morgan fingerprint density at radius 2 is 1.75 bits per heavy atom. The van der Waals surface area contributed by atoms with E-state index in [-0.39, 0.29) is 0 Å². The molecule has 0 amide bonds. The summed E-state index contributed by atoms with van der Waals surface area (Å²) in [4.78, 5) is 0. The van der Waals surface area contributed by atoms with E-state index in [4.69, 9.17) is 0 Å². The predicted molar refractivity (Wildman–Crippen MR) is 89.0 cm³/mol. The van der Waals surface area contributed by atoms with Gasteiger partial charge in [0.25, 0.3) is 0 Å². The molecule has 0 nitrogen and oxygen atoms in total. The second kappa shape index (κ2) is 7.69. The molecule has 20 heavy (non-hydrogen) atoms. The average molecular weight is 264 g/mol. The lowest BCUT2D eigenvalue weighted by Crippen LogP contribution is -1.87. The van der Waals surface area contributed by atoms with Crippen LogP contribution in [0.3, 0.4) is 0 Å². The van der Waals surface area contributed by atoms with E-state index in [2.05, 4.69) is 74.5 Å². The van der Waals surface area contributed by atoms with Gasteiger partial charge < -0.3 is 0 Å². The predicted octanol–water partition coefficient (Wildman–Crippen LogP) is 5.95. The summed E-state index contributed by atoms with van der Waals surface area (Å²) >= 11 is 0. The molecule has 0 atom stereocenters. The second-order valence-corrected chi connectivity index (χ2v) is 5.33. The molecular formula is C20H24.